The smallest absolute Gasteiger partial charge is 0.252 e. The van der Waals surface area contributed by atoms with E-state index in [4.69, 9.17) is 16.2 Å². The molecule has 6 N–H and O–H groups in total. The number of amides is 1. The zero-order valence-electron chi connectivity index (χ0n) is 18.6. The third-order valence-electron chi connectivity index (χ3n) is 5.76. The first kappa shape index (κ1) is 22.7. The maximum Gasteiger partial charge on any atom is 0.252 e. The molecule has 0 radical (unpaired) electrons. The number of nitrogens with two attached hydrogens (primary N) is 2. The van der Waals surface area contributed by atoms with E-state index in [2.05, 4.69) is 20.6 Å². The van der Waals surface area contributed by atoms with E-state index < -0.39 is 11.7 Å². The average Bonchev–Trinajstić information content (AvgIpc) is 2.80. The standard InChI is InChI=1S/C24H29FN6O2/c1-2-11-33-21-10-7-14-12-15(8-9-19(14)29-21)28-23-16(22(27)32)13-17(25)24(31-23)30-20-6-4-3-5-18(20)26/h7-10,12-13,18,20H,2-6,11,26H2,1H3,(H2,27,32)(H2,28,30,31). The summed E-state index contributed by atoms with van der Waals surface area (Å²) in [6.45, 7) is 2.64. The molecule has 1 fully saturated rings. The lowest BCUT2D eigenvalue weighted by atomic mass is 9.91. The predicted molar refractivity (Wildman–Crippen MR) is 127 cm³/mol. The highest BCUT2D eigenvalue weighted by molar-refractivity contribution is 5.99. The van der Waals surface area contributed by atoms with Crippen molar-refractivity contribution in [2.24, 2.45) is 11.5 Å². The number of hydrogen-bond donors (Lipinski definition) is 4. The van der Waals surface area contributed by atoms with Gasteiger partial charge >= 0.3 is 0 Å². The number of carbonyl (C=O) groups is 1. The second-order valence-electron chi connectivity index (χ2n) is 8.31. The molecule has 4 rings (SSSR count). The molecule has 2 atom stereocenters. The van der Waals surface area contributed by atoms with E-state index in [0.717, 1.165) is 49.1 Å². The average molecular weight is 453 g/mol. The molecule has 0 bridgehead atoms. The lowest BCUT2D eigenvalue weighted by Gasteiger charge is -2.30. The van der Waals surface area contributed by atoms with Crippen LogP contribution in [0.1, 0.15) is 49.4 Å². The van der Waals surface area contributed by atoms with Crippen LogP contribution in [0.25, 0.3) is 10.9 Å². The van der Waals surface area contributed by atoms with Crippen molar-refractivity contribution in [1.29, 1.82) is 0 Å². The van der Waals surface area contributed by atoms with E-state index in [1.165, 1.54) is 0 Å². The molecule has 1 aliphatic carbocycles. The fourth-order valence-corrected chi connectivity index (χ4v) is 4.00. The summed E-state index contributed by atoms with van der Waals surface area (Å²) in [5.41, 5.74) is 13.1. The second-order valence-corrected chi connectivity index (χ2v) is 8.31. The van der Waals surface area contributed by atoms with Crippen LogP contribution in [0.4, 0.5) is 21.7 Å². The molecular weight excluding hydrogens is 423 g/mol. The summed E-state index contributed by atoms with van der Waals surface area (Å²) < 4.78 is 20.3. The number of carbonyl (C=O) groups excluding carboxylic acids is 1. The van der Waals surface area contributed by atoms with Gasteiger partial charge in [-0.05, 0) is 49.6 Å². The molecule has 0 spiro atoms. The minimum absolute atomic E-state index is 0.0347. The molecule has 0 aliphatic heterocycles. The van der Waals surface area contributed by atoms with Crippen LogP contribution in [0.2, 0.25) is 0 Å². The fourth-order valence-electron chi connectivity index (χ4n) is 4.00. The Morgan fingerprint density at radius 2 is 1.97 bits per heavy atom. The van der Waals surface area contributed by atoms with Crippen LogP contribution in [0, 0.1) is 5.82 Å². The van der Waals surface area contributed by atoms with Crippen LogP contribution in [0.15, 0.2) is 36.4 Å². The summed E-state index contributed by atoms with van der Waals surface area (Å²) in [7, 11) is 0. The van der Waals surface area contributed by atoms with Crippen LogP contribution in [0.5, 0.6) is 5.88 Å². The first-order valence-electron chi connectivity index (χ1n) is 11.3. The predicted octanol–water partition coefficient (Wildman–Crippen LogP) is 4.08. The van der Waals surface area contributed by atoms with Gasteiger partial charge in [-0.2, -0.15) is 0 Å². The van der Waals surface area contributed by atoms with Gasteiger partial charge in [-0.1, -0.05) is 19.8 Å². The highest BCUT2D eigenvalue weighted by Crippen LogP contribution is 2.28. The van der Waals surface area contributed by atoms with Crippen molar-refractivity contribution in [3.05, 3.63) is 47.8 Å². The monoisotopic (exact) mass is 452 g/mol. The molecule has 9 heteroatoms. The SMILES string of the molecule is CCCOc1ccc2cc(Nc3nc(NC4CCCCC4N)c(F)cc3C(N)=O)ccc2n1. The van der Waals surface area contributed by atoms with Gasteiger partial charge in [0.2, 0.25) is 5.88 Å². The summed E-state index contributed by atoms with van der Waals surface area (Å²) in [5, 5.41) is 7.09. The maximum atomic E-state index is 14.7. The molecule has 174 valence electrons. The topological polar surface area (TPSA) is 128 Å². The summed E-state index contributed by atoms with van der Waals surface area (Å²) >= 11 is 0. The van der Waals surface area contributed by atoms with E-state index in [1.54, 1.807) is 6.07 Å². The first-order chi connectivity index (χ1) is 15.9. The second kappa shape index (κ2) is 9.99. The molecule has 8 nitrogen and oxygen atoms in total. The van der Waals surface area contributed by atoms with Crippen molar-refractivity contribution in [3.8, 4) is 5.88 Å². The number of nitrogens with one attached hydrogen (secondary N) is 2. The lowest BCUT2D eigenvalue weighted by Crippen LogP contribution is -2.43. The van der Waals surface area contributed by atoms with Crippen LogP contribution in [-0.2, 0) is 0 Å². The van der Waals surface area contributed by atoms with Crippen molar-refractivity contribution in [2.75, 3.05) is 17.2 Å². The Morgan fingerprint density at radius 1 is 1.15 bits per heavy atom. The Kier molecular flexibility index (Phi) is 6.88. The third-order valence-corrected chi connectivity index (χ3v) is 5.76. The normalized spacial score (nSPS) is 18.2. The van der Waals surface area contributed by atoms with E-state index >= 15 is 0 Å². The van der Waals surface area contributed by atoms with Crippen LogP contribution in [0.3, 0.4) is 0 Å². The highest BCUT2D eigenvalue weighted by Gasteiger charge is 2.24. The molecule has 1 saturated carbocycles. The number of fused-ring (bicyclic) bond motifs is 1. The molecule has 1 amide bonds. The van der Waals surface area contributed by atoms with Gasteiger partial charge in [0.25, 0.3) is 5.91 Å². The summed E-state index contributed by atoms with van der Waals surface area (Å²) in [6.07, 6.45) is 4.70. The minimum Gasteiger partial charge on any atom is -0.478 e. The van der Waals surface area contributed by atoms with Gasteiger partial charge < -0.3 is 26.8 Å². The molecular formula is C24H29FN6O2. The zero-order chi connectivity index (χ0) is 23.4. The molecule has 2 heterocycles. The summed E-state index contributed by atoms with van der Waals surface area (Å²) in [4.78, 5) is 20.8. The fraction of sp³-hybridized carbons (Fsp3) is 0.375. The molecule has 2 unspecified atom stereocenters. The minimum atomic E-state index is -0.773. The van der Waals surface area contributed by atoms with Crippen LogP contribution < -0.4 is 26.8 Å². The van der Waals surface area contributed by atoms with Gasteiger partial charge in [0.05, 0.1) is 17.7 Å². The Balaban J connectivity index is 1.61. The van der Waals surface area contributed by atoms with E-state index in [-0.39, 0.29) is 29.3 Å². The zero-order valence-corrected chi connectivity index (χ0v) is 18.6. The number of pyridine rings is 2. The molecule has 33 heavy (non-hydrogen) atoms. The maximum absolute atomic E-state index is 14.7. The number of nitrogens with zero attached hydrogens (tertiary/aromatic N) is 2. The van der Waals surface area contributed by atoms with Gasteiger partial charge in [-0.3, -0.25) is 4.79 Å². The summed E-state index contributed by atoms with van der Waals surface area (Å²) in [6, 6.07) is 10.2. The van der Waals surface area contributed by atoms with Crippen molar-refractivity contribution in [1.82, 2.24) is 9.97 Å². The Labute approximate surface area is 191 Å². The van der Waals surface area contributed by atoms with Gasteiger partial charge in [0.1, 0.15) is 5.82 Å². The van der Waals surface area contributed by atoms with Crippen molar-refractivity contribution < 1.29 is 13.9 Å². The molecule has 1 aliphatic rings. The van der Waals surface area contributed by atoms with Crippen LogP contribution >= 0.6 is 0 Å². The number of rotatable bonds is 8. The molecule has 2 aromatic heterocycles. The number of ether oxygens (including phenoxy) is 1. The van der Waals surface area contributed by atoms with Gasteiger partial charge in [-0.25, -0.2) is 14.4 Å². The van der Waals surface area contributed by atoms with E-state index in [0.29, 0.717) is 18.2 Å². The number of primary amides is 1. The van der Waals surface area contributed by atoms with E-state index in [9.17, 15) is 9.18 Å². The van der Waals surface area contributed by atoms with Crippen LogP contribution in [-0.4, -0.2) is 34.6 Å². The van der Waals surface area contributed by atoms with Gasteiger partial charge in [0.15, 0.2) is 11.6 Å². The van der Waals surface area contributed by atoms with E-state index in [1.807, 2.05) is 31.2 Å². The molecule has 1 aromatic carbocycles. The van der Waals surface area contributed by atoms with Crippen molar-refractivity contribution in [2.45, 2.75) is 51.1 Å². The summed E-state index contributed by atoms with van der Waals surface area (Å²) in [5.74, 6) is -0.631. The molecule has 3 aromatic rings. The number of hydrogen-bond acceptors (Lipinski definition) is 7. The van der Waals surface area contributed by atoms with Gasteiger partial charge in [-0.15, -0.1) is 0 Å². The Hall–Kier alpha value is -3.46. The highest BCUT2D eigenvalue weighted by atomic mass is 19.1. The third kappa shape index (κ3) is 5.31. The Morgan fingerprint density at radius 3 is 2.73 bits per heavy atom. The quantitative estimate of drug-likeness (QED) is 0.405. The number of benzene rings is 1. The number of halogens is 1. The number of anilines is 3. The molecule has 0 saturated heterocycles. The van der Waals surface area contributed by atoms with Gasteiger partial charge in [0, 0.05) is 29.2 Å². The first-order valence-corrected chi connectivity index (χ1v) is 11.3. The van der Waals surface area contributed by atoms with Crippen molar-refractivity contribution in [3.63, 3.8) is 0 Å². The lowest BCUT2D eigenvalue weighted by molar-refractivity contribution is 0.100. The number of aromatic nitrogens is 2. The van der Waals surface area contributed by atoms with Crippen molar-refractivity contribution >= 4 is 34.1 Å². The Bertz CT molecular complexity index is 1160. The largest absolute Gasteiger partial charge is 0.478 e.